The molecule has 0 spiro atoms. The molecule has 7 nitrogen and oxygen atoms in total. The molecular weight excluding hydrogens is 303 g/mol. The van der Waals surface area contributed by atoms with Gasteiger partial charge in [0.15, 0.2) is 0 Å². The zero-order valence-electron chi connectivity index (χ0n) is 12.5. The van der Waals surface area contributed by atoms with Gasteiger partial charge in [0.05, 0.1) is 5.56 Å². The van der Waals surface area contributed by atoms with Crippen molar-refractivity contribution in [1.82, 2.24) is 20.0 Å². The molecule has 2 heterocycles. The fraction of sp³-hybridized carbons (Fsp3) is 0.333. The normalized spacial score (nSPS) is 14.9. The lowest BCUT2D eigenvalue weighted by Gasteiger charge is -2.33. The lowest BCUT2D eigenvalue weighted by atomic mass is 10.2. The van der Waals surface area contributed by atoms with Crippen LogP contribution in [-0.4, -0.2) is 58.0 Å². The first-order valence-electron chi connectivity index (χ1n) is 7.19. The zero-order chi connectivity index (χ0) is 16.4. The SMILES string of the molecule is CC(=O)N1CCN(C(=O)c2nnc(-c3ccccc3F)o2)CC1. The quantitative estimate of drug-likeness (QED) is 0.831. The second-order valence-corrected chi connectivity index (χ2v) is 5.19. The number of rotatable bonds is 2. The Morgan fingerprint density at radius 2 is 1.74 bits per heavy atom. The van der Waals surface area contributed by atoms with E-state index in [1.165, 1.54) is 24.0 Å². The zero-order valence-corrected chi connectivity index (χ0v) is 12.5. The van der Waals surface area contributed by atoms with Gasteiger partial charge in [-0.05, 0) is 12.1 Å². The molecule has 0 atom stereocenters. The number of hydrogen-bond acceptors (Lipinski definition) is 5. The number of hydrogen-bond donors (Lipinski definition) is 0. The molecule has 1 aromatic carbocycles. The molecule has 2 amide bonds. The molecule has 0 unspecified atom stereocenters. The van der Waals surface area contributed by atoms with E-state index in [0.717, 1.165) is 0 Å². The van der Waals surface area contributed by atoms with Crippen LogP contribution in [0.2, 0.25) is 0 Å². The number of benzene rings is 1. The average molecular weight is 318 g/mol. The molecule has 0 bridgehead atoms. The predicted octanol–water partition coefficient (Wildman–Crippen LogP) is 1.18. The van der Waals surface area contributed by atoms with Crippen molar-refractivity contribution in [3.8, 4) is 11.5 Å². The number of carbonyl (C=O) groups excluding carboxylic acids is 2. The molecule has 0 aliphatic carbocycles. The van der Waals surface area contributed by atoms with Crippen molar-refractivity contribution < 1.29 is 18.4 Å². The van der Waals surface area contributed by atoms with E-state index in [9.17, 15) is 14.0 Å². The van der Waals surface area contributed by atoms with Crippen molar-refractivity contribution >= 4 is 11.8 Å². The first kappa shape index (κ1) is 15.1. The maximum atomic E-state index is 13.7. The second kappa shape index (κ2) is 6.15. The van der Waals surface area contributed by atoms with Gasteiger partial charge < -0.3 is 14.2 Å². The maximum absolute atomic E-state index is 13.7. The molecule has 1 saturated heterocycles. The van der Waals surface area contributed by atoms with Crippen molar-refractivity contribution in [2.75, 3.05) is 26.2 Å². The van der Waals surface area contributed by atoms with E-state index in [1.807, 2.05) is 0 Å². The molecule has 2 aromatic rings. The van der Waals surface area contributed by atoms with Crippen LogP contribution >= 0.6 is 0 Å². The van der Waals surface area contributed by atoms with Crippen LogP contribution in [-0.2, 0) is 4.79 Å². The summed E-state index contributed by atoms with van der Waals surface area (Å²) in [6.45, 7) is 3.23. The summed E-state index contributed by atoms with van der Waals surface area (Å²) < 4.78 is 19.0. The van der Waals surface area contributed by atoms with E-state index in [2.05, 4.69) is 10.2 Å². The van der Waals surface area contributed by atoms with Crippen LogP contribution in [0.1, 0.15) is 17.6 Å². The van der Waals surface area contributed by atoms with Crippen LogP contribution in [0.5, 0.6) is 0 Å². The minimum absolute atomic E-state index is 0.0169. The van der Waals surface area contributed by atoms with Gasteiger partial charge in [-0.25, -0.2) is 4.39 Å². The summed E-state index contributed by atoms with van der Waals surface area (Å²) in [5.74, 6) is -1.14. The minimum Gasteiger partial charge on any atom is -0.412 e. The Morgan fingerprint density at radius 1 is 1.09 bits per heavy atom. The van der Waals surface area contributed by atoms with E-state index in [1.54, 1.807) is 17.0 Å². The monoisotopic (exact) mass is 318 g/mol. The summed E-state index contributed by atoms with van der Waals surface area (Å²) >= 11 is 0. The van der Waals surface area contributed by atoms with Gasteiger partial charge in [0, 0.05) is 33.1 Å². The highest BCUT2D eigenvalue weighted by atomic mass is 19.1. The van der Waals surface area contributed by atoms with Crippen molar-refractivity contribution in [2.24, 2.45) is 0 Å². The maximum Gasteiger partial charge on any atom is 0.311 e. The van der Waals surface area contributed by atoms with Gasteiger partial charge in [0.25, 0.3) is 5.89 Å². The van der Waals surface area contributed by atoms with Gasteiger partial charge in [-0.1, -0.05) is 12.1 Å². The summed E-state index contributed by atoms with van der Waals surface area (Å²) in [5, 5.41) is 7.45. The number of piperazine rings is 1. The molecule has 0 N–H and O–H groups in total. The number of carbonyl (C=O) groups is 2. The Kier molecular flexibility index (Phi) is 4.05. The molecule has 3 rings (SSSR count). The highest BCUT2D eigenvalue weighted by Crippen LogP contribution is 2.21. The van der Waals surface area contributed by atoms with Gasteiger partial charge >= 0.3 is 11.8 Å². The van der Waals surface area contributed by atoms with Crippen LogP contribution in [0.3, 0.4) is 0 Å². The smallest absolute Gasteiger partial charge is 0.311 e. The molecule has 0 saturated carbocycles. The lowest BCUT2D eigenvalue weighted by molar-refractivity contribution is -0.130. The lowest BCUT2D eigenvalue weighted by Crippen LogP contribution is -2.50. The summed E-state index contributed by atoms with van der Waals surface area (Å²) in [6, 6.07) is 5.98. The Morgan fingerprint density at radius 3 is 2.39 bits per heavy atom. The summed E-state index contributed by atoms with van der Waals surface area (Å²) in [5.41, 5.74) is 0.153. The average Bonchev–Trinajstić information content (AvgIpc) is 3.04. The van der Waals surface area contributed by atoms with E-state index < -0.39 is 11.7 Å². The Hall–Kier alpha value is -2.77. The summed E-state index contributed by atoms with van der Waals surface area (Å²) in [7, 11) is 0. The highest BCUT2D eigenvalue weighted by Gasteiger charge is 2.27. The third-order valence-corrected chi connectivity index (χ3v) is 3.72. The van der Waals surface area contributed by atoms with Crippen LogP contribution in [0.25, 0.3) is 11.5 Å². The van der Waals surface area contributed by atoms with Gasteiger partial charge in [-0.2, -0.15) is 0 Å². The molecule has 120 valence electrons. The molecule has 1 fully saturated rings. The topological polar surface area (TPSA) is 79.5 Å². The van der Waals surface area contributed by atoms with Gasteiger partial charge in [-0.15, -0.1) is 10.2 Å². The third-order valence-electron chi connectivity index (χ3n) is 3.72. The van der Waals surface area contributed by atoms with Gasteiger partial charge in [0.2, 0.25) is 5.91 Å². The van der Waals surface area contributed by atoms with E-state index in [0.29, 0.717) is 26.2 Å². The van der Waals surface area contributed by atoms with Crippen LogP contribution < -0.4 is 0 Å². The Bertz CT molecular complexity index is 738. The first-order chi connectivity index (χ1) is 11.1. The van der Waals surface area contributed by atoms with Crippen molar-refractivity contribution in [3.63, 3.8) is 0 Å². The Labute approximate surface area is 131 Å². The molecule has 8 heteroatoms. The fourth-order valence-electron chi connectivity index (χ4n) is 2.41. The van der Waals surface area contributed by atoms with Crippen molar-refractivity contribution in [2.45, 2.75) is 6.92 Å². The summed E-state index contributed by atoms with van der Waals surface area (Å²) in [4.78, 5) is 26.8. The molecular formula is C15H15FN4O3. The highest BCUT2D eigenvalue weighted by molar-refractivity contribution is 5.90. The van der Waals surface area contributed by atoms with Crippen LogP contribution in [0.15, 0.2) is 28.7 Å². The first-order valence-corrected chi connectivity index (χ1v) is 7.19. The fourth-order valence-corrected chi connectivity index (χ4v) is 2.41. The summed E-state index contributed by atoms with van der Waals surface area (Å²) in [6.07, 6.45) is 0. The second-order valence-electron chi connectivity index (χ2n) is 5.19. The van der Waals surface area contributed by atoms with Gasteiger partial charge in [-0.3, -0.25) is 9.59 Å². The molecule has 1 aromatic heterocycles. The minimum atomic E-state index is -0.495. The van der Waals surface area contributed by atoms with Gasteiger partial charge in [0.1, 0.15) is 5.82 Å². The van der Waals surface area contributed by atoms with Crippen LogP contribution in [0.4, 0.5) is 4.39 Å². The standard InChI is InChI=1S/C15H15FN4O3/c1-10(21)19-6-8-20(9-7-19)15(22)14-18-17-13(23-14)11-4-2-3-5-12(11)16/h2-5H,6-9H2,1H3. The van der Waals surface area contributed by atoms with E-state index in [-0.39, 0.29) is 23.3 Å². The van der Waals surface area contributed by atoms with Crippen molar-refractivity contribution in [3.05, 3.63) is 36.0 Å². The largest absolute Gasteiger partial charge is 0.412 e. The van der Waals surface area contributed by atoms with Crippen molar-refractivity contribution in [1.29, 1.82) is 0 Å². The molecule has 0 radical (unpaired) electrons. The number of amides is 2. The molecule has 1 aliphatic heterocycles. The number of nitrogens with zero attached hydrogens (tertiary/aromatic N) is 4. The number of halogens is 1. The third kappa shape index (κ3) is 3.05. The molecule has 23 heavy (non-hydrogen) atoms. The van der Waals surface area contributed by atoms with E-state index >= 15 is 0 Å². The predicted molar refractivity (Wildman–Crippen MR) is 77.8 cm³/mol. The van der Waals surface area contributed by atoms with Crippen LogP contribution in [0, 0.1) is 5.82 Å². The van der Waals surface area contributed by atoms with E-state index in [4.69, 9.17) is 4.42 Å². The molecule has 1 aliphatic rings. The Balaban J connectivity index is 1.72. The number of aromatic nitrogens is 2.